The van der Waals surface area contributed by atoms with Crippen LogP contribution in [0.25, 0.3) is 0 Å². The van der Waals surface area contributed by atoms with Gasteiger partial charge in [0.15, 0.2) is 5.96 Å². The molecule has 0 aromatic carbocycles. The molecule has 1 aromatic rings. The van der Waals surface area contributed by atoms with Crippen LogP contribution in [0.15, 0.2) is 11.3 Å². The third-order valence-corrected chi connectivity index (χ3v) is 4.44. The summed E-state index contributed by atoms with van der Waals surface area (Å²) < 4.78 is 13.3. The molecule has 1 aromatic heterocycles. The average molecular weight is 396 g/mol. The number of hydrogen-bond acceptors (Lipinski definition) is 6. The number of aliphatic imine (C=N–C) groups is 1. The molecule has 0 radical (unpaired) electrons. The van der Waals surface area contributed by atoms with Gasteiger partial charge in [-0.15, -0.1) is 0 Å². The van der Waals surface area contributed by atoms with Crippen molar-refractivity contribution in [3.8, 4) is 0 Å². The molecule has 2 atom stereocenters. The van der Waals surface area contributed by atoms with Crippen LogP contribution >= 0.6 is 0 Å². The largest absolute Gasteiger partial charge is 0.444 e. The van der Waals surface area contributed by atoms with E-state index < -0.39 is 17.4 Å². The summed E-state index contributed by atoms with van der Waals surface area (Å²) >= 11 is 0. The highest BCUT2D eigenvalue weighted by Gasteiger charge is 2.49. The maximum atomic E-state index is 12.8. The molecule has 158 valence electrons. The van der Waals surface area contributed by atoms with Crippen molar-refractivity contribution in [2.24, 2.45) is 12.0 Å². The van der Waals surface area contributed by atoms with Gasteiger partial charge < -0.3 is 20.1 Å². The highest BCUT2D eigenvalue weighted by Crippen LogP contribution is 2.33. The molecule has 10 heteroatoms. The van der Waals surface area contributed by atoms with Crippen molar-refractivity contribution in [1.82, 2.24) is 30.3 Å². The fourth-order valence-corrected chi connectivity index (χ4v) is 3.19. The van der Waals surface area contributed by atoms with Gasteiger partial charge in [0.2, 0.25) is 0 Å². The molecule has 28 heavy (non-hydrogen) atoms. The summed E-state index contributed by atoms with van der Waals surface area (Å²) in [5, 5.41) is 10.5. The van der Waals surface area contributed by atoms with Crippen LogP contribution in [-0.2, 0) is 23.1 Å². The molecular weight excluding hydrogens is 362 g/mol. The van der Waals surface area contributed by atoms with Gasteiger partial charge in [0.1, 0.15) is 23.5 Å². The Balaban J connectivity index is 2.02. The fraction of sp³-hybridized carbons (Fsp3) is 0.778. The lowest BCUT2D eigenvalue weighted by Crippen LogP contribution is -2.54. The van der Waals surface area contributed by atoms with Crippen molar-refractivity contribution in [2.45, 2.75) is 71.6 Å². The van der Waals surface area contributed by atoms with Crippen LogP contribution < -0.4 is 10.6 Å². The van der Waals surface area contributed by atoms with Crippen LogP contribution in [0.5, 0.6) is 0 Å². The lowest BCUT2D eigenvalue weighted by Gasteiger charge is -2.35. The Morgan fingerprint density at radius 1 is 1.39 bits per heavy atom. The molecule has 1 amide bonds. The van der Waals surface area contributed by atoms with Crippen molar-refractivity contribution in [2.75, 3.05) is 13.6 Å². The summed E-state index contributed by atoms with van der Waals surface area (Å²) in [4.78, 5) is 22.9. The number of nitrogens with one attached hydrogen (secondary N) is 2. The molecule has 0 spiro atoms. The first-order valence-electron chi connectivity index (χ1n) is 9.42. The van der Waals surface area contributed by atoms with Gasteiger partial charge >= 0.3 is 6.09 Å². The normalized spacial score (nSPS) is 22.3. The number of hydrogen-bond donors (Lipinski definition) is 2. The molecule has 1 aliphatic rings. The maximum absolute atomic E-state index is 12.8. The Labute approximate surface area is 166 Å². The monoisotopic (exact) mass is 395 g/mol. The number of guanidine groups is 1. The first-order chi connectivity index (χ1) is 12.9. The minimum atomic E-state index is -0.760. The lowest BCUT2D eigenvalue weighted by atomic mass is 10.1. The molecule has 2 heterocycles. The van der Waals surface area contributed by atoms with Crippen LogP contribution in [0.3, 0.4) is 0 Å². The topological polar surface area (TPSA) is 106 Å². The predicted octanol–water partition coefficient (Wildman–Crippen LogP) is 1.24. The molecule has 1 aliphatic heterocycles. The van der Waals surface area contributed by atoms with E-state index in [-0.39, 0.29) is 12.1 Å². The highest BCUT2D eigenvalue weighted by molar-refractivity contribution is 5.79. The van der Waals surface area contributed by atoms with Crippen molar-refractivity contribution >= 4 is 12.1 Å². The molecule has 2 rings (SSSR count). The smallest absolute Gasteiger partial charge is 0.412 e. The van der Waals surface area contributed by atoms with Crippen molar-refractivity contribution in [1.29, 1.82) is 0 Å². The highest BCUT2D eigenvalue weighted by atomic mass is 16.6. The van der Waals surface area contributed by atoms with Gasteiger partial charge in [-0.1, -0.05) is 0 Å². The third-order valence-electron chi connectivity index (χ3n) is 4.44. The number of rotatable bonds is 4. The quantitative estimate of drug-likeness (QED) is 0.584. The van der Waals surface area contributed by atoms with Gasteiger partial charge in [-0.2, -0.15) is 5.10 Å². The van der Waals surface area contributed by atoms with Gasteiger partial charge in [-0.25, -0.2) is 9.78 Å². The third kappa shape index (κ3) is 5.34. The van der Waals surface area contributed by atoms with E-state index in [9.17, 15) is 4.79 Å². The van der Waals surface area contributed by atoms with Crippen LogP contribution in [0.2, 0.25) is 0 Å². The zero-order valence-corrected chi connectivity index (χ0v) is 18.1. The summed E-state index contributed by atoms with van der Waals surface area (Å²) in [6, 6.07) is -0.210. The number of aryl methyl sites for hydroxylation is 1. The Hall–Kier alpha value is -2.36. The molecular formula is C18H33N7O3. The predicted molar refractivity (Wildman–Crippen MR) is 106 cm³/mol. The summed E-state index contributed by atoms with van der Waals surface area (Å²) in [6.07, 6.45) is 0.952. The Kier molecular flexibility index (Phi) is 6.53. The van der Waals surface area contributed by atoms with E-state index in [1.165, 1.54) is 6.33 Å². The Morgan fingerprint density at radius 2 is 2.07 bits per heavy atom. The maximum Gasteiger partial charge on any atom is 0.412 e. The summed E-state index contributed by atoms with van der Waals surface area (Å²) in [5.74, 6) is 1.39. The van der Waals surface area contributed by atoms with Crippen LogP contribution in [0.1, 0.15) is 47.4 Å². The fourth-order valence-electron chi connectivity index (χ4n) is 3.19. The zero-order chi connectivity index (χ0) is 21.1. The first kappa shape index (κ1) is 21.9. The summed E-state index contributed by atoms with van der Waals surface area (Å²) in [6.45, 7) is 12.2. The molecule has 1 fully saturated rings. The minimum absolute atomic E-state index is 0.160. The van der Waals surface area contributed by atoms with Crippen molar-refractivity contribution in [3.63, 3.8) is 0 Å². The number of nitrogens with zero attached hydrogens (tertiary/aromatic N) is 5. The lowest BCUT2D eigenvalue weighted by molar-refractivity contribution is -0.0755. The van der Waals surface area contributed by atoms with E-state index in [1.807, 2.05) is 48.6 Å². The SMILES string of the molecule is CN=C(NCc1ncnn1C)NCC1C(C)OC(C)(C)N1C(=O)OC(C)(C)C. The number of ether oxygens (including phenoxy) is 2. The molecule has 10 nitrogen and oxygen atoms in total. The molecule has 2 unspecified atom stereocenters. The second-order valence-corrected chi connectivity index (χ2v) is 8.29. The Morgan fingerprint density at radius 3 is 2.61 bits per heavy atom. The second kappa shape index (κ2) is 8.34. The van der Waals surface area contributed by atoms with Gasteiger partial charge in [0.05, 0.1) is 18.7 Å². The van der Waals surface area contributed by atoms with Gasteiger partial charge in [0, 0.05) is 20.6 Å². The van der Waals surface area contributed by atoms with Crippen molar-refractivity contribution in [3.05, 3.63) is 12.2 Å². The number of carbonyl (C=O) groups excluding carboxylic acids is 1. The van der Waals surface area contributed by atoms with E-state index in [2.05, 4.69) is 25.7 Å². The van der Waals surface area contributed by atoms with Crippen molar-refractivity contribution < 1.29 is 14.3 Å². The molecule has 0 bridgehead atoms. The van der Waals surface area contributed by atoms with Gasteiger partial charge in [-0.3, -0.25) is 14.6 Å². The minimum Gasteiger partial charge on any atom is -0.444 e. The van der Waals surface area contributed by atoms with Gasteiger partial charge in [0.25, 0.3) is 0 Å². The van der Waals surface area contributed by atoms with E-state index in [1.54, 1.807) is 16.6 Å². The molecule has 0 aliphatic carbocycles. The standard InChI is InChI=1S/C18H33N7O3/c1-12-13(25(18(5,6)27-12)16(26)28-17(2,3)4)9-20-15(19-7)21-10-14-22-11-23-24(14)8/h11-13H,9-10H2,1-8H3,(H2,19,20,21). The number of carbonyl (C=O) groups is 1. The molecule has 1 saturated heterocycles. The number of aromatic nitrogens is 3. The first-order valence-corrected chi connectivity index (χ1v) is 9.42. The summed E-state index contributed by atoms with van der Waals surface area (Å²) in [5.41, 5.74) is -1.34. The van der Waals surface area contributed by atoms with Crippen LogP contribution in [0.4, 0.5) is 4.79 Å². The molecule has 2 N–H and O–H groups in total. The van der Waals surface area contributed by atoms with Crippen LogP contribution in [0, 0.1) is 0 Å². The van der Waals surface area contributed by atoms with E-state index in [4.69, 9.17) is 9.47 Å². The van der Waals surface area contributed by atoms with Gasteiger partial charge in [-0.05, 0) is 41.5 Å². The molecule has 0 saturated carbocycles. The average Bonchev–Trinajstić information content (AvgIpc) is 3.05. The number of amides is 1. The summed E-state index contributed by atoms with van der Waals surface area (Å²) in [7, 11) is 3.52. The van der Waals surface area contributed by atoms with Crippen LogP contribution in [-0.4, -0.2) is 68.8 Å². The van der Waals surface area contributed by atoms with E-state index in [0.717, 1.165) is 5.82 Å². The van der Waals surface area contributed by atoms with E-state index >= 15 is 0 Å². The zero-order valence-electron chi connectivity index (χ0n) is 18.1. The Bertz CT molecular complexity index is 708. The second-order valence-electron chi connectivity index (χ2n) is 8.29. The van der Waals surface area contributed by atoms with E-state index in [0.29, 0.717) is 19.0 Å².